The lowest BCUT2D eigenvalue weighted by molar-refractivity contribution is -0.127. The Balaban J connectivity index is 1.35. The maximum absolute atomic E-state index is 12.6. The minimum absolute atomic E-state index is 0.0451. The van der Waals surface area contributed by atoms with Crippen molar-refractivity contribution in [1.29, 1.82) is 0 Å². The topological polar surface area (TPSA) is 88.8 Å². The minimum atomic E-state index is 0.0451. The van der Waals surface area contributed by atoms with Gasteiger partial charge >= 0.3 is 0 Å². The van der Waals surface area contributed by atoms with Gasteiger partial charge in [0.2, 0.25) is 5.91 Å². The van der Waals surface area contributed by atoms with Gasteiger partial charge in [-0.1, -0.05) is 6.07 Å². The first kappa shape index (κ1) is 19.8. The van der Waals surface area contributed by atoms with Crippen molar-refractivity contribution >= 4 is 23.6 Å². The second-order valence-electron chi connectivity index (χ2n) is 7.51. The predicted molar refractivity (Wildman–Crippen MR) is 115 cm³/mol. The molecule has 30 heavy (non-hydrogen) atoms. The predicted octanol–water partition coefficient (Wildman–Crippen LogP) is 2.84. The maximum atomic E-state index is 12.6. The fourth-order valence-corrected chi connectivity index (χ4v) is 3.67. The summed E-state index contributed by atoms with van der Waals surface area (Å²) in [6.07, 6.45) is 13.3. The van der Waals surface area contributed by atoms with E-state index in [1.54, 1.807) is 29.5 Å². The average Bonchev–Trinajstić information content (AvgIpc) is 3.18. The van der Waals surface area contributed by atoms with Gasteiger partial charge in [-0.25, -0.2) is 15.0 Å². The number of hydrogen-bond acceptors (Lipinski definition) is 6. The quantitative estimate of drug-likeness (QED) is 0.637. The largest absolute Gasteiger partial charge is 0.339 e. The number of carbonyl (C=O) groups is 1. The first-order chi connectivity index (χ1) is 14.7. The van der Waals surface area contributed by atoms with Crippen molar-refractivity contribution in [2.75, 3.05) is 18.4 Å². The molecule has 8 nitrogen and oxygen atoms in total. The monoisotopic (exact) mass is 403 g/mol. The molecule has 1 atom stereocenters. The zero-order valence-electron chi connectivity index (χ0n) is 17.0. The number of carbonyl (C=O) groups excluding carboxylic acids is 1. The van der Waals surface area contributed by atoms with E-state index in [1.165, 1.54) is 0 Å². The molecule has 4 rings (SSSR count). The van der Waals surface area contributed by atoms with E-state index in [9.17, 15) is 4.79 Å². The van der Waals surface area contributed by atoms with E-state index in [-0.39, 0.29) is 5.91 Å². The molecule has 0 aliphatic carbocycles. The number of piperidine rings is 1. The Labute approximate surface area is 175 Å². The van der Waals surface area contributed by atoms with E-state index in [4.69, 9.17) is 0 Å². The smallest absolute Gasteiger partial charge is 0.246 e. The van der Waals surface area contributed by atoms with Gasteiger partial charge in [-0.2, -0.15) is 5.10 Å². The summed E-state index contributed by atoms with van der Waals surface area (Å²) in [4.78, 5) is 27.5. The molecule has 1 aliphatic rings. The van der Waals surface area contributed by atoms with Crippen molar-refractivity contribution in [3.05, 3.63) is 66.5 Å². The molecule has 3 aromatic rings. The minimum Gasteiger partial charge on any atom is -0.339 e. The Kier molecular flexibility index (Phi) is 6.12. The number of pyridine rings is 1. The van der Waals surface area contributed by atoms with E-state index in [0.29, 0.717) is 5.92 Å². The Morgan fingerprint density at radius 1 is 1.27 bits per heavy atom. The highest BCUT2D eigenvalue weighted by molar-refractivity contribution is 5.91. The van der Waals surface area contributed by atoms with E-state index < -0.39 is 0 Å². The fraction of sp³-hybridized carbons (Fsp3) is 0.318. The summed E-state index contributed by atoms with van der Waals surface area (Å²) >= 11 is 0. The van der Waals surface area contributed by atoms with Crippen LogP contribution in [0, 0.1) is 5.92 Å². The third kappa shape index (κ3) is 5.28. The number of rotatable bonds is 6. The van der Waals surface area contributed by atoms with Gasteiger partial charge in [0.05, 0.1) is 6.20 Å². The van der Waals surface area contributed by atoms with Gasteiger partial charge in [0.25, 0.3) is 0 Å². The van der Waals surface area contributed by atoms with E-state index in [1.807, 2.05) is 48.5 Å². The van der Waals surface area contributed by atoms with Crippen LogP contribution >= 0.6 is 0 Å². The molecule has 0 saturated carbocycles. The van der Waals surface area contributed by atoms with Crippen molar-refractivity contribution < 1.29 is 4.79 Å². The molecule has 1 N–H and O–H groups in total. The summed E-state index contributed by atoms with van der Waals surface area (Å²) in [5.41, 5.74) is 1.89. The molecule has 1 aliphatic heterocycles. The van der Waals surface area contributed by atoms with Gasteiger partial charge < -0.3 is 10.2 Å². The molecule has 0 bridgehead atoms. The van der Waals surface area contributed by atoms with Crippen LogP contribution in [-0.4, -0.2) is 48.6 Å². The number of aryl methyl sites for hydroxylation is 1. The molecule has 3 aromatic heterocycles. The number of anilines is 2. The molecule has 154 valence electrons. The Hall–Kier alpha value is -3.55. The van der Waals surface area contributed by atoms with Crippen LogP contribution in [0.5, 0.6) is 0 Å². The third-order valence-corrected chi connectivity index (χ3v) is 5.12. The molecule has 8 heteroatoms. The molecule has 0 radical (unpaired) electrons. The van der Waals surface area contributed by atoms with Crippen molar-refractivity contribution in [3.8, 4) is 0 Å². The zero-order valence-corrected chi connectivity index (χ0v) is 17.0. The van der Waals surface area contributed by atoms with Crippen molar-refractivity contribution in [2.45, 2.75) is 19.3 Å². The van der Waals surface area contributed by atoms with Crippen molar-refractivity contribution in [2.24, 2.45) is 13.0 Å². The summed E-state index contributed by atoms with van der Waals surface area (Å²) in [5, 5.41) is 7.32. The lowest BCUT2D eigenvalue weighted by Crippen LogP contribution is -2.39. The number of aromatic nitrogens is 5. The van der Waals surface area contributed by atoms with Gasteiger partial charge in [0.15, 0.2) is 0 Å². The highest BCUT2D eigenvalue weighted by Crippen LogP contribution is 2.22. The second-order valence-corrected chi connectivity index (χ2v) is 7.51. The average molecular weight is 403 g/mol. The van der Waals surface area contributed by atoms with E-state index in [0.717, 1.165) is 55.2 Å². The van der Waals surface area contributed by atoms with Crippen LogP contribution in [0.4, 0.5) is 11.6 Å². The SMILES string of the molecule is Cn1cc(C=CC(=O)N2CCCC(Cc3cc(Nc4ccccn4)ncn3)C2)cn1. The maximum Gasteiger partial charge on any atom is 0.246 e. The number of amides is 1. The standard InChI is InChI=1S/C22H25N7O/c1-28-14-18(13-26-28)7-8-22(30)29-10-4-5-17(15-29)11-19-12-21(25-16-24-19)27-20-6-2-3-9-23-20/h2-3,6-9,12-14,16-17H,4-5,10-11,15H2,1H3,(H,23,24,25,27). The van der Waals surface area contributed by atoms with Gasteiger partial charge in [-0.15, -0.1) is 0 Å². The summed E-state index contributed by atoms with van der Waals surface area (Å²) in [6.45, 7) is 1.53. The third-order valence-electron chi connectivity index (χ3n) is 5.12. The van der Waals surface area contributed by atoms with E-state index >= 15 is 0 Å². The molecular weight excluding hydrogens is 378 g/mol. The first-order valence-corrected chi connectivity index (χ1v) is 10.1. The second kappa shape index (κ2) is 9.30. The number of likely N-dealkylation sites (tertiary alicyclic amines) is 1. The molecule has 0 spiro atoms. The van der Waals surface area contributed by atoms with Crippen LogP contribution < -0.4 is 5.32 Å². The highest BCUT2D eigenvalue weighted by atomic mass is 16.2. The lowest BCUT2D eigenvalue weighted by Gasteiger charge is -2.32. The summed E-state index contributed by atoms with van der Waals surface area (Å²) in [6, 6.07) is 7.65. The Morgan fingerprint density at radius 3 is 3.00 bits per heavy atom. The number of nitrogens with one attached hydrogen (secondary N) is 1. The fourth-order valence-electron chi connectivity index (χ4n) is 3.67. The molecular formula is C22H25N7O. The molecule has 1 amide bonds. The normalized spacial score (nSPS) is 16.7. The molecule has 1 unspecified atom stereocenters. The molecule has 1 fully saturated rings. The van der Waals surface area contributed by atoms with Crippen molar-refractivity contribution in [1.82, 2.24) is 29.6 Å². The lowest BCUT2D eigenvalue weighted by atomic mass is 9.93. The van der Waals surface area contributed by atoms with Gasteiger partial charge in [0.1, 0.15) is 18.0 Å². The molecule has 1 saturated heterocycles. The number of nitrogens with zero attached hydrogens (tertiary/aromatic N) is 6. The van der Waals surface area contributed by atoms with Gasteiger partial charge in [0, 0.05) is 55.9 Å². The highest BCUT2D eigenvalue weighted by Gasteiger charge is 2.23. The van der Waals surface area contributed by atoms with Crippen LogP contribution in [-0.2, 0) is 18.3 Å². The zero-order chi connectivity index (χ0) is 20.8. The van der Waals surface area contributed by atoms with E-state index in [2.05, 4.69) is 25.4 Å². The summed E-state index contributed by atoms with van der Waals surface area (Å²) in [7, 11) is 1.86. The van der Waals surface area contributed by atoms with Crippen molar-refractivity contribution in [3.63, 3.8) is 0 Å². The molecule has 4 heterocycles. The van der Waals surface area contributed by atoms with Gasteiger partial charge in [-0.3, -0.25) is 9.48 Å². The van der Waals surface area contributed by atoms with Gasteiger partial charge in [-0.05, 0) is 43.4 Å². The van der Waals surface area contributed by atoms with Crippen LogP contribution in [0.1, 0.15) is 24.1 Å². The number of hydrogen-bond donors (Lipinski definition) is 1. The van der Waals surface area contributed by atoms with Crippen LogP contribution in [0.15, 0.2) is 55.3 Å². The Bertz CT molecular complexity index is 1020. The summed E-state index contributed by atoms with van der Waals surface area (Å²) in [5.74, 6) is 1.90. The molecule has 0 aromatic carbocycles. The summed E-state index contributed by atoms with van der Waals surface area (Å²) < 4.78 is 1.72. The van der Waals surface area contributed by atoms with Crippen LogP contribution in [0.2, 0.25) is 0 Å². The Morgan fingerprint density at radius 2 is 2.20 bits per heavy atom. The first-order valence-electron chi connectivity index (χ1n) is 10.1. The van der Waals surface area contributed by atoms with Crippen LogP contribution in [0.25, 0.3) is 6.08 Å². The van der Waals surface area contributed by atoms with Crippen LogP contribution in [0.3, 0.4) is 0 Å².